The quantitative estimate of drug-likeness (QED) is 0.653. The van der Waals surface area contributed by atoms with E-state index >= 15 is 0 Å². The summed E-state index contributed by atoms with van der Waals surface area (Å²) in [4.78, 5) is 14.9. The summed E-state index contributed by atoms with van der Waals surface area (Å²) in [5, 5.41) is 11.8. The van der Waals surface area contributed by atoms with Gasteiger partial charge >= 0.3 is 0 Å². The first-order valence-corrected chi connectivity index (χ1v) is 4.76. The zero-order valence-corrected chi connectivity index (χ0v) is 8.60. The number of carbonyl (C=O) groups excluding carboxylic acids is 1. The van der Waals surface area contributed by atoms with Crippen LogP contribution in [0, 0.1) is 0 Å². The molecule has 0 spiro atoms. The second kappa shape index (κ2) is 5.31. The van der Waals surface area contributed by atoms with Crippen LogP contribution in [0.5, 0.6) is 0 Å². The molecule has 5 nitrogen and oxygen atoms in total. The van der Waals surface area contributed by atoms with E-state index in [-0.39, 0.29) is 12.6 Å². The van der Waals surface area contributed by atoms with Gasteiger partial charge in [-0.3, -0.25) is 9.78 Å². The van der Waals surface area contributed by atoms with E-state index in [9.17, 15) is 4.79 Å². The van der Waals surface area contributed by atoms with Gasteiger partial charge in [0.15, 0.2) is 0 Å². The molecule has 1 aromatic heterocycles. The van der Waals surface area contributed by atoms with Crippen molar-refractivity contribution in [1.29, 1.82) is 0 Å². The summed E-state index contributed by atoms with van der Waals surface area (Å²) in [6.07, 6.45) is 3.62. The van der Waals surface area contributed by atoms with E-state index in [0.717, 1.165) is 0 Å². The lowest BCUT2D eigenvalue weighted by molar-refractivity contribution is 0.100. The van der Waals surface area contributed by atoms with Gasteiger partial charge in [-0.15, -0.1) is 0 Å². The molecule has 5 heteroatoms. The summed E-state index contributed by atoms with van der Waals surface area (Å²) in [6, 6.07) is 1.77. The minimum absolute atomic E-state index is 0.0792. The molecule has 1 heterocycles. The number of amides is 1. The number of hydrogen-bond donors (Lipinski definition) is 3. The summed E-state index contributed by atoms with van der Waals surface area (Å²) < 4.78 is 0. The van der Waals surface area contributed by atoms with Gasteiger partial charge in [0, 0.05) is 25.0 Å². The highest BCUT2D eigenvalue weighted by atomic mass is 16.3. The van der Waals surface area contributed by atoms with E-state index in [1.54, 1.807) is 12.3 Å². The average molecular weight is 209 g/mol. The molecule has 82 valence electrons. The van der Waals surface area contributed by atoms with Crippen LogP contribution in [0.2, 0.25) is 0 Å². The maximum absolute atomic E-state index is 11.1. The summed E-state index contributed by atoms with van der Waals surface area (Å²) in [5.74, 6) is -0.512. The molecule has 0 aromatic carbocycles. The van der Waals surface area contributed by atoms with Crippen LogP contribution in [-0.2, 0) is 0 Å². The Hall–Kier alpha value is -1.62. The lowest BCUT2D eigenvalue weighted by atomic mass is 10.2. The predicted molar refractivity (Wildman–Crippen MR) is 57.5 cm³/mol. The van der Waals surface area contributed by atoms with E-state index in [4.69, 9.17) is 10.8 Å². The molecule has 0 fully saturated rings. The maximum atomic E-state index is 11.1. The average Bonchev–Trinajstić information content (AvgIpc) is 2.18. The number of primary amides is 1. The number of rotatable bonds is 5. The van der Waals surface area contributed by atoms with Crippen LogP contribution in [0.25, 0.3) is 0 Å². The number of nitrogens with zero attached hydrogens (tertiary/aromatic N) is 1. The first-order valence-electron chi connectivity index (χ1n) is 4.76. The topological polar surface area (TPSA) is 88.2 Å². The van der Waals surface area contributed by atoms with Crippen LogP contribution < -0.4 is 11.1 Å². The summed E-state index contributed by atoms with van der Waals surface area (Å²) >= 11 is 0. The Morgan fingerprint density at radius 1 is 1.73 bits per heavy atom. The molecule has 0 aliphatic rings. The second-order valence-electron chi connectivity index (χ2n) is 3.34. The third kappa shape index (κ3) is 3.21. The van der Waals surface area contributed by atoms with Crippen molar-refractivity contribution < 1.29 is 9.90 Å². The molecule has 1 rings (SSSR count). The predicted octanol–water partition coefficient (Wildman–Crippen LogP) is 0.363. The van der Waals surface area contributed by atoms with Crippen molar-refractivity contribution in [2.75, 3.05) is 11.9 Å². The number of carbonyl (C=O) groups is 1. The van der Waals surface area contributed by atoms with Gasteiger partial charge in [-0.05, 0) is 19.4 Å². The smallest absolute Gasteiger partial charge is 0.252 e. The van der Waals surface area contributed by atoms with Crippen LogP contribution in [0.1, 0.15) is 23.7 Å². The lowest BCUT2D eigenvalue weighted by Crippen LogP contribution is -2.20. The molecule has 0 saturated heterocycles. The lowest BCUT2D eigenvalue weighted by Gasteiger charge is -2.15. The van der Waals surface area contributed by atoms with Crippen LogP contribution in [0.15, 0.2) is 18.5 Å². The number of hydrogen-bond acceptors (Lipinski definition) is 4. The summed E-state index contributed by atoms with van der Waals surface area (Å²) in [6.45, 7) is 2.02. The maximum Gasteiger partial charge on any atom is 0.252 e. The van der Waals surface area contributed by atoms with Crippen molar-refractivity contribution >= 4 is 11.6 Å². The molecule has 0 saturated carbocycles. The van der Waals surface area contributed by atoms with Crippen LogP contribution in [-0.4, -0.2) is 28.6 Å². The van der Waals surface area contributed by atoms with Crippen LogP contribution in [0.4, 0.5) is 5.69 Å². The van der Waals surface area contributed by atoms with Crippen molar-refractivity contribution in [2.45, 2.75) is 19.4 Å². The van der Waals surface area contributed by atoms with Crippen molar-refractivity contribution in [3.05, 3.63) is 24.0 Å². The van der Waals surface area contributed by atoms with E-state index < -0.39 is 5.91 Å². The minimum atomic E-state index is -0.512. The second-order valence-corrected chi connectivity index (χ2v) is 3.34. The molecular weight excluding hydrogens is 194 g/mol. The third-order valence-corrected chi connectivity index (χ3v) is 2.05. The Morgan fingerprint density at radius 3 is 3.07 bits per heavy atom. The SMILES string of the molecule is CC(CCO)Nc1ccncc1C(N)=O. The Balaban J connectivity index is 2.79. The van der Waals surface area contributed by atoms with Gasteiger partial charge in [0.05, 0.1) is 11.3 Å². The number of nitrogens with two attached hydrogens (primary N) is 1. The summed E-state index contributed by atoms with van der Waals surface area (Å²) in [7, 11) is 0. The van der Waals surface area contributed by atoms with E-state index in [0.29, 0.717) is 17.7 Å². The first kappa shape index (κ1) is 11.5. The number of anilines is 1. The summed E-state index contributed by atoms with van der Waals surface area (Å²) in [5.41, 5.74) is 6.21. The van der Waals surface area contributed by atoms with Gasteiger partial charge < -0.3 is 16.2 Å². The number of aliphatic hydroxyl groups excluding tert-OH is 1. The molecule has 0 bridgehead atoms. The van der Waals surface area contributed by atoms with Crippen LogP contribution in [0.3, 0.4) is 0 Å². The number of aromatic nitrogens is 1. The molecular formula is C10H15N3O2. The van der Waals surface area contributed by atoms with E-state index in [1.807, 2.05) is 6.92 Å². The zero-order valence-electron chi connectivity index (χ0n) is 8.60. The molecule has 1 amide bonds. The standard InChI is InChI=1S/C10H15N3O2/c1-7(3-5-14)13-9-2-4-12-6-8(9)10(11)15/h2,4,6-7,14H,3,5H2,1H3,(H2,11,15)(H,12,13). The molecule has 15 heavy (non-hydrogen) atoms. The van der Waals surface area contributed by atoms with E-state index in [2.05, 4.69) is 10.3 Å². The number of nitrogens with one attached hydrogen (secondary N) is 1. The highest BCUT2D eigenvalue weighted by Gasteiger charge is 2.09. The van der Waals surface area contributed by atoms with Gasteiger partial charge in [-0.1, -0.05) is 0 Å². The first-order chi connectivity index (χ1) is 7.15. The fraction of sp³-hybridized carbons (Fsp3) is 0.400. The van der Waals surface area contributed by atoms with Gasteiger partial charge in [0.2, 0.25) is 0 Å². The van der Waals surface area contributed by atoms with Crippen molar-refractivity contribution in [2.24, 2.45) is 5.73 Å². The molecule has 0 radical (unpaired) electrons. The normalized spacial score (nSPS) is 12.1. The van der Waals surface area contributed by atoms with Crippen molar-refractivity contribution in [1.82, 2.24) is 4.98 Å². The van der Waals surface area contributed by atoms with Gasteiger partial charge in [-0.25, -0.2) is 0 Å². The minimum Gasteiger partial charge on any atom is -0.396 e. The highest BCUT2D eigenvalue weighted by Crippen LogP contribution is 2.14. The molecule has 1 unspecified atom stereocenters. The Labute approximate surface area is 88.3 Å². The van der Waals surface area contributed by atoms with Crippen LogP contribution >= 0.6 is 0 Å². The highest BCUT2D eigenvalue weighted by molar-refractivity contribution is 5.98. The molecule has 0 aliphatic carbocycles. The largest absolute Gasteiger partial charge is 0.396 e. The third-order valence-electron chi connectivity index (χ3n) is 2.05. The Morgan fingerprint density at radius 2 is 2.47 bits per heavy atom. The zero-order chi connectivity index (χ0) is 11.3. The van der Waals surface area contributed by atoms with E-state index in [1.165, 1.54) is 6.20 Å². The number of pyridine rings is 1. The van der Waals surface area contributed by atoms with Gasteiger partial charge in [0.25, 0.3) is 5.91 Å². The fourth-order valence-electron chi connectivity index (χ4n) is 1.25. The fourth-order valence-corrected chi connectivity index (χ4v) is 1.25. The molecule has 0 aliphatic heterocycles. The van der Waals surface area contributed by atoms with Gasteiger partial charge in [-0.2, -0.15) is 0 Å². The number of aliphatic hydroxyl groups is 1. The Bertz CT molecular complexity index is 341. The van der Waals surface area contributed by atoms with Crippen molar-refractivity contribution in [3.63, 3.8) is 0 Å². The van der Waals surface area contributed by atoms with Crippen molar-refractivity contribution in [3.8, 4) is 0 Å². The molecule has 1 aromatic rings. The molecule has 4 N–H and O–H groups in total. The Kier molecular flexibility index (Phi) is 4.05. The van der Waals surface area contributed by atoms with Gasteiger partial charge in [0.1, 0.15) is 0 Å². The molecule has 1 atom stereocenters. The monoisotopic (exact) mass is 209 g/mol.